The van der Waals surface area contributed by atoms with Gasteiger partial charge in [0.2, 0.25) is 0 Å². The van der Waals surface area contributed by atoms with Crippen LogP contribution < -0.4 is 0 Å². The molecule has 6 aromatic carbocycles. The Morgan fingerprint density at radius 1 is 0.447 bits per heavy atom. The molecule has 0 aliphatic carbocycles. The lowest BCUT2D eigenvalue weighted by molar-refractivity contribution is 0.669. The molecule has 0 saturated heterocycles. The lowest BCUT2D eigenvalue weighted by atomic mass is 9.89. The van der Waals surface area contributed by atoms with Gasteiger partial charge in [0.05, 0.1) is 0 Å². The molecule has 0 spiro atoms. The highest BCUT2D eigenvalue weighted by atomic mass is 16.3. The maximum atomic E-state index is 6.28. The van der Waals surface area contributed by atoms with Gasteiger partial charge in [0.15, 0.2) is 0 Å². The first-order valence-electron chi connectivity index (χ1n) is 12.8. The van der Waals surface area contributed by atoms with Gasteiger partial charge in [-0.25, -0.2) is 0 Å². The Morgan fingerprint density at radius 3 is 1.95 bits per heavy atom. The molecule has 0 amide bonds. The third-order valence-electron chi connectivity index (χ3n) is 7.90. The van der Waals surface area contributed by atoms with Crippen molar-refractivity contribution in [2.75, 3.05) is 0 Å². The molecule has 9 aromatic rings. The van der Waals surface area contributed by atoms with Crippen molar-refractivity contribution in [3.05, 3.63) is 116 Å². The van der Waals surface area contributed by atoms with Crippen LogP contribution in [0, 0.1) is 0 Å². The SMILES string of the molecule is c1cncc(-c2cc3cc4c(cc3c3ccc5cc6oc7ccccc7c6cc5c23)oc2ccccc24)c1. The number of aromatic nitrogens is 1. The highest BCUT2D eigenvalue weighted by molar-refractivity contribution is 6.27. The highest BCUT2D eigenvalue weighted by Crippen LogP contribution is 2.43. The molecule has 3 heteroatoms. The maximum absolute atomic E-state index is 6.28. The Morgan fingerprint density at radius 2 is 1.18 bits per heavy atom. The Balaban J connectivity index is 1.50. The molecule has 0 bridgehead atoms. The number of hydrogen-bond donors (Lipinski definition) is 0. The topological polar surface area (TPSA) is 39.2 Å². The third-order valence-corrected chi connectivity index (χ3v) is 7.90. The highest BCUT2D eigenvalue weighted by Gasteiger charge is 2.17. The standard InChI is InChI=1S/C35H19NO2/c1-3-9-31-23(7-1)29-15-22-14-27(21-6-5-13-36-19-21)35-25(26(22)18-34(29)38-31)12-11-20-16-33-30(17-28(20)35)24-8-2-4-10-32(24)37-33/h1-19H. The first-order valence-corrected chi connectivity index (χ1v) is 12.8. The predicted molar refractivity (Wildman–Crippen MR) is 157 cm³/mol. The van der Waals surface area contributed by atoms with Crippen LogP contribution in [0.2, 0.25) is 0 Å². The molecule has 3 nitrogen and oxygen atoms in total. The molecule has 3 aromatic heterocycles. The summed E-state index contributed by atoms with van der Waals surface area (Å²) in [5.74, 6) is 0. The van der Waals surface area contributed by atoms with Gasteiger partial charge in [-0.15, -0.1) is 0 Å². The zero-order valence-corrected chi connectivity index (χ0v) is 20.2. The van der Waals surface area contributed by atoms with Crippen molar-refractivity contribution >= 4 is 76.2 Å². The van der Waals surface area contributed by atoms with Crippen LogP contribution in [0.4, 0.5) is 0 Å². The summed E-state index contributed by atoms with van der Waals surface area (Å²) in [4.78, 5) is 4.46. The lowest BCUT2D eigenvalue weighted by Crippen LogP contribution is -1.88. The minimum absolute atomic E-state index is 0.908. The molecular formula is C35H19NO2. The van der Waals surface area contributed by atoms with Crippen molar-refractivity contribution in [2.45, 2.75) is 0 Å². The Labute approximate surface area is 216 Å². The second-order valence-corrected chi connectivity index (χ2v) is 9.99. The molecule has 0 unspecified atom stereocenters. The molecule has 0 saturated carbocycles. The predicted octanol–water partition coefficient (Wildman–Crippen LogP) is 10.0. The molecule has 0 aliphatic heterocycles. The molecule has 9 rings (SSSR count). The summed E-state index contributed by atoms with van der Waals surface area (Å²) in [5, 5.41) is 11.7. The summed E-state index contributed by atoms with van der Waals surface area (Å²) >= 11 is 0. The van der Waals surface area contributed by atoms with E-state index < -0.39 is 0 Å². The molecule has 176 valence electrons. The fraction of sp³-hybridized carbons (Fsp3) is 0. The quantitative estimate of drug-likeness (QED) is 0.217. The van der Waals surface area contributed by atoms with E-state index in [1.165, 1.54) is 32.5 Å². The third kappa shape index (κ3) is 2.65. The van der Waals surface area contributed by atoms with E-state index >= 15 is 0 Å². The number of rotatable bonds is 1. The smallest absolute Gasteiger partial charge is 0.136 e. The van der Waals surface area contributed by atoms with Gasteiger partial charge >= 0.3 is 0 Å². The van der Waals surface area contributed by atoms with Crippen LogP contribution in [0.1, 0.15) is 0 Å². The summed E-state index contributed by atoms with van der Waals surface area (Å²) in [6.45, 7) is 0. The Hall–Kier alpha value is -5.15. The van der Waals surface area contributed by atoms with Gasteiger partial charge in [-0.05, 0) is 86.4 Å². The monoisotopic (exact) mass is 485 g/mol. The Kier molecular flexibility index (Phi) is 3.79. The number of nitrogens with zero attached hydrogens (tertiary/aromatic N) is 1. The van der Waals surface area contributed by atoms with Gasteiger partial charge in [-0.1, -0.05) is 54.6 Å². The number of furan rings is 2. The summed E-state index contributed by atoms with van der Waals surface area (Å²) in [6, 6.07) is 36.4. The van der Waals surface area contributed by atoms with Gasteiger partial charge < -0.3 is 8.83 Å². The van der Waals surface area contributed by atoms with Crippen LogP contribution in [0.3, 0.4) is 0 Å². The minimum Gasteiger partial charge on any atom is -0.456 e. The van der Waals surface area contributed by atoms with E-state index in [-0.39, 0.29) is 0 Å². The van der Waals surface area contributed by atoms with Crippen LogP contribution in [0.5, 0.6) is 0 Å². The molecule has 0 N–H and O–H groups in total. The second-order valence-electron chi connectivity index (χ2n) is 9.99. The summed E-state index contributed by atoms with van der Waals surface area (Å²) < 4.78 is 12.5. The zero-order valence-electron chi connectivity index (χ0n) is 20.2. The molecule has 0 atom stereocenters. The lowest BCUT2D eigenvalue weighted by Gasteiger charge is -2.14. The van der Waals surface area contributed by atoms with Crippen molar-refractivity contribution in [1.82, 2.24) is 4.98 Å². The van der Waals surface area contributed by atoms with Crippen LogP contribution in [0.15, 0.2) is 124 Å². The van der Waals surface area contributed by atoms with Crippen molar-refractivity contribution in [2.24, 2.45) is 0 Å². The van der Waals surface area contributed by atoms with Crippen LogP contribution in [-0.4, -0.2) is 4.98 Å². The normalized spacial score (nSPS) is 12.2. The fourth-order valence-electron chi connectivity index (χ4n) is 6.18. The van der Waals surface area contributed by atoms with Gasteiger partial charge in [0, 0.05) is 39.5 Å². The van der Waals surface area contributed by atoms with Crippen LogP contribution in [-0.2, 0) is 0 Å². The first-order chi connectivity index (χ1) is 18.8. The summed E-state index contributed by atoms with van der Waals surface area (Å²) in [5.41, 5.74) is 5.91. The van der Waals surface area contributed by atoms with E-state index in [0.29, 0.717) is 0 Å². The fourth-order valence-corrected chi connectivity index (χ4v) is 6.18. The molecule has 38 heavy (non-hydrogen) atoms. The average molecular weight is 486 g/mol. The van der Waals surface area contributed by atoms with E-state index in [1.807, 2.05) is 42.7 Å². The summed E-state index contributed by atoms with van der Waals surface area (Å²) in [6.07, 6.45) is 3.78. The number of benzene rings is 6. The summed E-state index contributed by atoms with van der Waals surface area (Å²) in [7, 11) is 0. The van der Waals surface area contributed by atoms with Gasteiger partial charge in [0.25, 0.3) is 0 Å². The van der Waals surface area contributed by atoms with Crippen molar-refractivity contribution in [1.29, 1.82) is 0 Å². The van der Waals surface area contributed by atoms with Gasteiger partial charge in [-0.2, -0.15) is 0 Å². The van der Waals surface area contributed by atoms with Gasteiger partial charge in [-0.3, -0.25) is 4.98 Å². The van der Waals surface area contributed by atoms with E-state index in [9.17, 15) is 0 Å². The van der Waals surface area contributed by atoms with Crippen LogP contribution >= 0.6 is 0 Å². The first kappa shape index (κ1) is 20.0. The van der Waals surface area contributed by atoms with Gasteiger partial charge in [0.1, 0.15) is 22.3 Å². The van der Waals surface area contributed by atoms with Crippen molar-refractivity contribution < 1.29 is 8.83 Å². The molecule has 0 fully saturated rings. The van der Waals surface area contributed by atoms with E-state index in [2.05, 4.69) is 77.8 Å². The zero-order chi connectivity index (χ0) is 24.8. The number of para-hydroxylation sites is 2. The largest absolute Gasteiger partial charge is 0.456 e. The van der Waals surface area contributed by atoms with E-state index in [4.69, 9.17) is 8.83 Å². The van der Waals surface area contributed by atoms with E-state index in [0.717, 1.165) is 54.8 Å². The second kappa shape index (κ2) is 7.21. The molecule has 0 aliphatic rings. The molecular weight excluding hydrogens is 466 g/mol. The Bertz CT molecular complexity index is 2390. The minimum atomic E-state index is 0.908. The van der Waals surface area contributed by atoms with Crippen molar-refractivity contribution in [3.8, 4) is 11.1 Å². The number of fused-ring (bicyclic) bond motifs is 11. The number of hydrogen-bond acceptors (Lipinski definition) is 3. The number of pyridine rings is 1. The average Bonchev–Trinajstić information content (AvgIpc) is 3.52. The molecule has 3 heterocycles. The maximum Gasteiger partial charge on any atom is 0.136 e. The van der Waals surface area contributed by atoms with Crippen LogP contribution in [0.25, 0.3) is 87.3 Å². The van der Waals surface area contributed by atoms with E-state index in [1.54, 1.807) is 0 Å². The van der Waals surface area contributed by atoms with Crippen molar-refractivity contribution in [3.63, 3.8) is 0 Å². The molecule has 0 radical (unpaired) electrons.